The van der Waals surface area contributed by atoms with E-state index in [1.54, 1.807) is 0 Å². The number of halogens is 3. The highest BCUT2D eigenvalue weighted by Gasteiger charge is 2.44. The molecule has 2 amide bonds. The average Bonchev–Trinajstić information content (AvgIpc) is 2.54. The molecule has 2 aliphatic rings. The minimum atomic E-state index is -4.58. The normalized spacial score (nSPS) is 21.7. The predicted octanol–water partition coefficient (Wildman–Crippen LogP) is 3.22. The van der Waals surface area contributed by atoms with Gasteiger partial charge in [-0.3, -0.25) is 0 Å². The van der Waals surface area contributed by atoms with Crippen molar-refractivity contribution in [1.29, 1.82) is 0 Å². The van der Waals surface area contributed by atoms with Crippen LogP contribution in [0.2, 0.25) is 0 Å². The van der Waals surface area contributed by atoms with Gasteiger partial charge in [-0.25, -0.2) is 4.79 Å². The molecule has 0 saturated carbocycles. The molecule has 1 fully saturated rings. The Morgan fingerprint density at radius 2 is 2.04 bits per heavy atom. The molecule has 0 aromatic rings. The SMILES string of the molecule is O=C(NCCC1=CCCCC1)N1CCC([C@@H](O)C(F)(F)F)CC1. The van der Waals surface area contributed by atoms with Crippen LogP contribution in [-0.4, -0.2) is 48.0 Å². The van der Waals surface area contributed by atoms with E-state index in [9.17, 15) is 23.1 Å². The summed E-state index contributed by atoms with van der Waals surface area (Å²) in [6.45, 7) is 1.08. The summed E-state index contributed by atoms with van der Waals surface area (Å²) in [5, 5.41) is 12.1. The molecule has 1 aliphatic heterocycles. The third-order valence-corrected chi connectivity index (χ3v) is 4.72. The molecular weight excluding hydrogens is 309 g/mol. The second kappa shape index (κ2) is 8.04. The van der Waals surface area contributed by atoms with E-state index in [4.69, 9.17) is 0 Å². The molecule has 1 atom stereocenters. The fourth-order valence-corrected chi connectivity index (χ4v) is 3.26. The maximum absolute atomic E-state index is 12.5. The van der Waals surface area contributed by atoms with Gasteiger partial charge in [0.2, 0.25) is 0 Å². The second-order valence-corrected chi connectivity index (χ2v) is 6.40. The average molecular weight is 334 g/mol. The summed E-state index contributed by atoms with van der Waals surface area (Å²) in [5.74, 6) is -0.813. The third kappa shape index (κ3) is 5.41. The van der Waals surface area contributed by atoms with Crippen LogP contribution in [0, 0.1) is 5.92 Å². The van der Waals surface area contributed by atoms with E-state index in [1.165, 1.54) is 23.3 Å². The van der Waals surface area contributed by atoms with E-state index in [2.05, 4.69) is 11.4 Å². The first-order valence-electron chi connectivity index (χ1n) is 8.33. The number of aliphatic hydroxyl groups excluding tert-OH is 1. The van der Waals surface area contributed by atoms with Gasteiger partial charge >= 0.3 is 12.2 Å². The number of urea groups is 1. The number of rotatable bonds is 4. The Hall–Kier alpha value is -1.24. The van der Waals surface area contributed by atoms with Crippen molar-refractivity contribution in [2.75, 3.05) is 19.6 Å². The van der Waals surface area contributed by atoms with Crippen LogP contribution in [-0.2, 0) is 0 Å². The summed E-state index contributed by atoms with van der Waals surface area (Å²) >= 11 is 0. The van der Waals surface area contributed by atoms with Gasteiger partial charge in [0.1, 0.15) is 0 Å². The number of aliphatic hydroxyl groups is 1. The van der Waals surface area contributed by atoms with E-state index in [-0.39, 0.29) is 32.0 Å². The number of likely N-dealkylation sites (tertiary alicyclic amines) is 1. The molecule has 0 bridgehead atoms. The number of hydrogen-bond acceptors (Lipinski definition) is 2. The fraction of sp³-hybridized carbons (Fsp3) is 0.812. The molecular formula is C16H25F3N2O2. The summed E-state index contributed by atoms with van der Waals surface area (Å²) in [4.78, 5) is 13.6. The zero-order valence-corrected chi connectivity index (χ0v) is 13.2. The van der Waals surface area contributed by atoms with Crippen LogP contribution in [0.1, 0.15) is 44.9 Å². The molecule has 1 saturated heterocycles. The Morgan fingerprint density at radius 3 is 2.61 bits per heavy atom. The van der Waals surface area contributed by atoms with Gasteiger partial charge in [-0.05, 0) is 50.9 Å². The number of carbonyl (C=O) groups excluding carboxylic acids is 1. The van der Waals surface area contributed by atoms with Gasteiger partial charge in [0.25, 0.3) is 0 Å². The number of hydrogen-bond donors (Lipinski definition) is 2. The summed E-state index contributed by atoms with van der Waals surface area (Å²) in [7, 11) is 0. The van der Waals surface area contributed by atoms with Crippen LogP contribution in [0.3, 0.4) is 0 Å². The minimum Gasteiger partial charge on any atom is -0.383 e. The monoisotopic (exact) mass is 334 g/mol. The Morgan fingerprint density at radius 1 is 1.35 bits per heavy atom. The van der Waals surface area contributed by atoms with Crippen LogP contribution in [0.4, 0.5) is 18.0 Å². The first-order chi connectivity index (χ1) is 10.9. The number of carbonyl (C=O) groups is 1. The van der Waals surface area contributed by atoms with Crippen molar-refractivity contribution in [3.05, 3.63) is 11.6 Å². The van der Waals surface area contributed by atoms with E-state index >= 15 is 0 Å². The quantitative estimate of drug-likeness (QED) is 0.776. The summed E-state index contributed by atoms with van der Waals surface area (Å²) < 4.78 is 37.5. The van der Waals surface area contributed by atoms with Crippen molar-refractivity contribution in [1.82, 2.24) is 10.2 Å². The maximum atomic E-state index is 12.5. The molecule has 1 heterocycles. The predicted molar refractivity (Wildman–Crippen MR) is 80.9 cm³/mol. The van der Waals surface area contributed by atoms with Crippen LogP contribution >= 0.6 is 0 Å². The number of allylic oxidation sites excluding steroid dienone is 1. The maximum Gasteiger partial charge on any atom is 0.414 e. The first kappa shape index (κ1) is 18.1. The van der Waals surface area contributed by atoms with Crippen molar-refractivity contribution < 1.29 is 23.1 Å². The Bertz CT molecular complexity index is 430. The van der Waals surface area contributed by atoms with Crippen LogP contribution < -0.4 is 5.32 Å². The van der Waals surface area contributed by atoms with E-state index in [0.29, 0.717) is 6.54 Å². The van der Waals surface area contributed by atoms with Gasteiger partial charge in [-0.2, -0.15) is 13.2 Å². The Kier molecular flexibility index (Phi) is 6.33. The number of nitrogens with zero attached hydrogens (tertiary/aromatic N) is 1. The van der Waals surface area contributed by atoms with Crippen LogP contribution in [0.15, 0.2) is 11.6 Å². The fourth-order valence-electron chi connectivity index (χ4n) is 3.26. The van der Waals surface area contributed by atoms with Gasteiger partial charge in [-0.1, -0.05) is 11.6 Å². The molecule has 7 heteroatoms. The number of piperidine rings is 1. The van der Waals surface area contributed by atoms with Crippen LogP contribution in [0.25, 0.3) is 0 Å². The molecule has 4 nitrogen and oxygen atoms in total. The number of nitrogens with one attached hydrogen (secondary N) is 1. The molecule has 0 aromatic carbocycles. The lowest BCUT2D eigenvalue weighted by Crippen LogP contribution is -2.48. The summed E-state index contributed by atoms with van der Waals surface area (Å²) in [6.07, 6.45) is 1.21. The van der Waals surface area contributed by atoms with Crippen LogP contribution in [0.5, 0.6) is 0 Å². The van der Waals surface area contributed by atoms with Crippen molar-refractivity contribution in [2.45, 2.75) is 57.2 Å². The lowest BCUT2D eigenvalue weighted by molar-refractivity contribution is -0.222. The lowest BCUT2D eigenvalue weighted by atomic mass is 9.91. The van der Waals surface area contributed by atoms with E-state index in [0.717, 1.165) is 19.3 Å². The molecule has 2 rings (SSSR count). The van der Waals surface area contributed by atoms with Crippen molar-refractivity contribution in [2.24, 2.45) is 5.92 Å². The third-order valence-electron chi connectivity index (χ3n) is 4.72. The van der Waals surface area contributed by atoms with Crippen molar-refractivity contribution >= 4 is 6.03 Å². The molecule has 2 N–H and O–H groups in total. The summed E-state index contributed by atoms with van der Waals surface area (Å²) in [6, 6.07) is -0.221. The highest BCUT2D eigenvalue weighted by Crippen LogP contribution is 2.31. The lowest BCUT2D eigenvalue weighted by Gasteiger charge is -2.34. The zero-order chi connectivity index (χ0) is 16.9. The first-order valence-corrected chi connectivity index (χ1v) is 8.33. The highest BCUT2D eigenvalue weighted by molar-refractivity contribution is 5.74. The molecule has 0 spiro atoms. The van der Waals surface area contributed by atoms with Gasteiger partial charge in [-0.15, -0.1) is 0 Å². The highest BCUT2D eigenvalue weighted by atomic mass is 19.4. The topological polar surface area (TPSA) is 52.6 Å². The molecule has 23 heavy (non-hydrogen) atoms. The van der Waals surface area contributed by atoms with Gasteiger partial charge < -0.3 is 15.3 Å². The Labute approximate surface area is 134 Å². The molecule has 132 valence electrons. The summed E-state index contributed by atoms with van der Waals surface area (Å²) in [5.41, 5.74) is 1.38. The van der Waals surface area contributed by atoms with Gasteiger partial charge in [0.05, 0.1) is 0 Å². The molecule has 0 radical (unpaired) electrons. The van der Waals surface area contributed by atoms with Gasteiger partial charge in [0, 0.05) is 19.6 Å². The van der Waals surface area contributed by atoms with E-state index < -0.39 is 18.2 Å². The standard InChI is InChI=1S/C16H25F3N2O2/c17-16(18,19)14(22)13-7-10-21(11-8-13)15(23)20-9-6-12-4-2-1-3-5-12/h4,13-14,22H,1-3,5-11H2,(H,20,23)/t14-/m1/s1. The number of amides is 2. The second-order valence-electron chi connectivity index (χ2n) is 6.40. The van der Waals surface area contributed by atoms with E-state index in [1.807, 2.05) is 0 Å². The zero-order valence-electron chi connectivity index (χ0n) is 13.2. The molecule has 0 unspecified atom stereocenters. The van der Waals surface area contributed by atoms with Gasteiger partial charge in [0.15, 0.2) is 6.10 Å². The van der Waals surface area contributed by atoms with Crippen molar-refractivity contribution in [3.8, 4) is 0 Å². The van der Waals surface area contributed by atoms with Crippen molar-refractivity contribution in [3.63, 3.8) is 0 Å². The Balaban J connectivity index is 1.68. The molecule has 1 aliphatic carbocycles. The smallest absolute Gasteiger partial charge is 0.383 e. The minimum absolute atomic E-state index is 0.180. The number of alkyl halides is 3. The largest absolute Gasteiger partial charge is 0.414 e. The molecule has 0 aromatic heterocycles.